The number of rotatable bonds is 2. The van der Waals surface area contributed by atoms with E-state index in [0.29, 0.717) is 0 Å². The maximum absolute atomic E-state index is 11.2. The Labute approximate surface area is 78.5 Å². The molecule has 0 radical (unpaired) electrons. The molecule has 0 heterocycles. The molecule has 1 saturated carbocycles. The molecule has 1 aliphatic carbocycles. The summed E-state index contributed by atoms with van der Waals surface area (Å²) in [6, 6.07) is -0.582. The molecule has 0 aromatic rings. The van der Waals surface area contributed by atoms with Gasteiger partial charge in [-0.3, -0.25) is 4.79 Å². The van der Waals surface area contributed by atoms with Crippen LogP contribution in [0.4, 0.5) is 0 Å². The molecule has 76 valence electrons. The molecule has 1 aliphatic rings. The van der Waals surface area contributed by atoms with E-state index in [1.54, 1.807) is 6.92 Å². The average Bonchev–Trinajstić information content (AvgIpc) is 2.08. The second-order valence-corrected chi connectivity index (χ2v) is 3.76. The van der Waals surface area contributed by atoms with Crippen molar-refractivity contribution in [1.29, 1.82) is 0 Å². The van der Waals surface area contributed by atoms with Crippen molar-refractivity contribution in [1.82, 2.24) is 5.32 Å². The van der Waals surface area contributed by atoms with Crippen LogP contribution >= 0.6 is 0 Å². The van der Waals surface area contributed by atoms with Crippen LogP contribution in [0.1, 0.15) is 32.6 Å². The van der Waals surface area contributed by atoms with Crippen molar-refractivity contribution >= 4 is 5.91 Å². The maximum Gasteiger partial charge on any atom is 0.236 e. The largest absolute Gasteiger partial charge is 0.391 e. The Bertz CT molecular complexity index is 182. The molecule has 1 amide bonds. The third-order valence-corrected chi connectivity index (χ3v) is 2.47. The first-order valence-corrected chi connectivity index (χ1v) is 4.85. The minimum Gasteiger partial charge on any atom is -0.391 e. The first kappa shape index (κ1) is 10.5. The number of amides is 1. The molecule has 4 nitrogen and oxygen atoms in total. The van der Waals surface area contributed by atoms with Gasteiger partial charge in [0.2, 0.25) is 5.91 Å². The summed E-state index contributed by atoms with van der Waals surface area (Å²) in [5.41, 5.74) is 5.40. The first-order valence-electron chi connectivity index (χ1n) is 4.85. The number of nitrogens with one attached hydrogen (secondary N) is 1. The molecule has 0 saturated heterocycles. The fraction of sp³-hybridized carbons (Fsp3) is 0.889. The highest BCUT2D eigenvalue weighted by atomic mass is 16.3. The summed E-state index contributed by atoms with van der Waals surface area (Å²) in [4.78, 5) is 11.2. The van der Waals surface area contributed by atoms with Crippen LogP contribution in [-0.4, -0.2) is 29.2 Å². The highest BCUT2D eigenvalue weighted by Crippen LogP contribution is 2.18. The smallest absolute Gasteiger partial charge is 0.236 e. The third-order valence-electron chi connectivity index (χ3n) is 2.47. The summed E-state index contributed by atoms with van der Waals surface area (Å²) in [7, 11) is 0. The minimum absolute atomic E-state index is 0.0905. The highest BCUT2D eigenvalue weighted by Gasteiger charge is 2.24. The van der Waals surface area contributed by atoms with E-state index in [-0.39, 0.29) is 11.9 Å². The van der Waals surface area contributed by atoms with Gasteiger partial charge in [0.1, 0.15) is 0 Å². The van der Waals surface area contributed by atoms with Gasteiger partial charge in [-0.25, -0.2) is 0 Å². The van der Waals surface area contributed by atoms with Crippen LogP contribution in [0.25, 0.3) is 0 Å². The molecule has 0 bridgehead atoms. The second-order valence-electron chi connectivity index (χ2n) is 3.76. The van der Waals surface area contributed by atoms with Crippen LogP contribution in [0, 0.1) is 0 Å². The molecule has 4 N–H and O–H groups in total. The van der Waals surface area contributed by atoms with Crippen molar-refractivity contribution in [2.75, 3.05) is 0 Å². The zero-order valence-corrected chi connectivity index (χ0v) is 7.99. The van der Waals surface area contributed by atoms with Crippen molar-refractivity contribution < 1.29 is 9.90 Å². The maximum atomic E-state index is 11.2. The van der Waals surface area contributed by atoms with Gasteiger partial charge < -0.3 is 16.2 Å². The lowest BCUT2D eigenvalue weighted by Crippen LogP contribution is -2.49. The fourth-order valence-corrected chi connectivity index (χ4v) is 1.59. The van der Waals surface area contributed by atoms with Crippen molar-refractivity contribution in [3.8, 4) is 0 Å². The molecular formula is C9H18N2O2. The van der Waals surface area contributed by atoms with Gasteiger partial charge in [0.15, 0.2) is 0 Å². The van der Waals surface area contributed by atoms with Gasteiger partial charge in [-0.1, -0.05) is 12.8 Å². The van der Waals surface area contributed by atoms with Gasteiger partial charge in [-0.15, -0.1) is 0 Å². The van der Waals surface area contributed by atoms with Crippen LogP contribution in [0.3, 0.4) is 0 Å². The first-order chi connectivity index (χ1) is 6.11. The Morgan fingerprint density at radius 1 is 1.54 bits per heavy atom. The quantitative estimate of drug-likeness (QED) is 0.557. The summed E-state index contributed by atoms with van der Waals surface area (Å²) < 4.78 is 0. The van der Waals surface area contributed by atoms with Crippen molar-refractivity contribution in [3.63, 3.8) is 0 Å². The minimum atomic E-state index is -0.492. The van der Waals surface area contributed by atoms with E-state index in [1.807, 2.05) is 0 Å². The van der Waals surface area contributed by atoms with Gasteiger partial charge in [-0.2, -0.15) is 0 Å². The second kappa shape index (κ2) is 4.58. The van der Waals surface area contributed by atoms with Crippen molar-refractivity contribution in [3.05, 3.63) is 0 Å². The van der Waals surface area contributed by atoms with Crippen LogP contribution < -0.4 is 11.1 Å². The average molecular weight is 186 g/mol. The summed E-state index contributed by atoms with van der Waals surface area (Å²) in [6.07, 6.45) is 3.37. The Morgan fingerprint density at radius 2 is 2.15 bits per heavy atom. The molecule has 4 heteroatoms. The molecule has 3 unspecified atom stereocenters. The Hall–Kier alpha value is -0.610. The van der Waals surface area contributed by atoms with Crippen LogP contribution in [-0.2, 0) is 4.79 Å². The van der Waals surface area contributed by atoms with E-state index < -0.39 is 12.1 Å². The normalized spacial score (nSPS) is 31.0. The van der Waals surface area contributed by atoms with Gasteiger partial charge in [0, 0.05) is 0 Å². The van der Waals surface area contributed by atoms with Crippen molar-refractivity contribution in [2.24, 2.45) is 5.73 Å². The Kier molecular flexibility index (Phi) is 3.69. The highest BCUT2D eigenvalue weighted by molar-refractivity contribution is 5.81. The zero-order chi connectivity index (χ0) is 9.84. The molecule has 0 spiro atoms. The number of aliphatic hydroxyl groups is 1. The molecule has 1 rings (SSSR count). The standard InChI is InChI=1S/C9H18N2O2/c1-6(10)9(13)11-7-4-2-3-5-8(7)12/h6-8,12H,2-5,10H2,1H3,(H,11,13). The molecule has 13 heavy (non-hydrogen) atoms. The fourth-order valence-electron chi connectivity index (χ4n) is 1.59. The van der Waals surface area contributed by atoms with Gasteiger partial charge in [-0.05, 0) is 19.8 Å². The monoisotopic (exact) mass is 186 g/mol. The molecule has 1 fully saturated rings. The topological polar surface area (TPSA) is 75.4 Å². The predicted molar refractivity (Wildman–Crippen MR) is 50.1 cm³/mol. The molecule has 0 aromatic heterocycles. The van der Waals surface area contributed by atoms with Gasteiger partial charge in [0.05, 0.1) is 18.2 Å². The molecule has 0 aromatic carbocycles. The summed E-state index contributed by atoms with van der Waals surface area (Å²) in [5.74, 6) is -0.175. The summed E-state index contributed by atoms with van der Waals surface area (Å²) in [6.45, 7) is 1.64. The Balaban J connectivity index is 2.38. The summed E-state index contributed by atoms with van der Waals surface area (Å²) in [5, 5.41) is 12.3. The number of carbonyl (C=O) groups is 1. The third kappa shape index (κ3) is 2.97. The van der Waals surface area contributed by atoms with Crippen molar-refractivity contribution in [2.45, 2.75) is 50.8 Å². The SMILES string of the molecule is CC(N)C(=O)NC1CCCCC1O. The molecule has 3 atom stereocenters. The molecule has 0 aliphatic heterocycles. The Morgan fingerprint density at radius 3 is 2.69 bits per heavy atom. The van der Waals surface area contributed by atoms with E-state index in [0.717, 1.165) is 25.7 Å². The van der Waals surface area contributed by atoms with Crippen LogP contribution in [0.2, 0.25) is 0 Å². The van der Waals surface area contributed by atoms with E-state index in [1.165, 1.54) is 0 Å². The van der Waals surface area contributed by atoms with Gasteiger partial charge >= 0.3 is 0 Å². The van der Waals surface area contributed by atoms with E-state index in [9.17, 15) is 9.90 Å². The predicted octanol–water partition coefficient (Wildman–Crippen LogP) is -0.247. The lowest BCUT2D eigenvalue weighted by Gasteiger charge is -2.28. The van der Waals surface area contributed by atoms with E-state index >= 15 is 0 Å². The van der Waals surface area contributed by atoms with E-state index in [2.05, 4.69) is 5.32 Å². The lowest BCUT2D eigenvalue weighted by atomic mass is 9.92. The van der Waals surface area contributed by atoms with Gasteiger partial charge in [0.25, 0.3) is 0 Å². The number of carbonyl (C=O) groups excluding carboxylic acids is 1. The number of hydrogen-bond donors (Lipinski definition) is 3. The summed E-state index contributed by atoms with van der Waals surface area (Å²) >= 11 is 0. The number of hydrogen-bond acceptors (Lipinski definition) is 3. The molecular weight excluding hydrogens is 168 g/mol. The number of nitrogens with two attached hydrogens (primary N) is 1. The zero-order valence-electron chi connectivity index (χ0n) is 7.99. The lowest BCUT2D eigenvalue weighted by molar-refractivity contribution is -0.123. The number of aliphatic hydroxyl groups excluding tert-OH is 1. The van der Waals surface area contributed by atoms with E-state index in [4.69, 9.17) is 5.73 Å². The van der Waals surface area contributed by atoms with Crippen LogP contribution in [0.15, 0.2) is 0 Å². The van der Waals surface area contributed by atoms with Crippen LogP contribution in [0.5, 0.6) is 0 Å².